The van der Waals surface area contributed by atoms with Gasteiger partial charge in [-0.05, 0) is 24.6 Å². The van der Waals surface area contributed by atoms with Crippen LogP contribution in [0.15, 0.2) is 18.2 Å². The number of imide groups is 1. The summed E-state index contributed by atoms with van der Waals surface area (Å²) in [6, 6.07) is 3.87. The van der Waals surface area contributed by atoms with Crippen LogP contribution in [0.2, 0.25) is 0 Å². The monoisotopic (exact) mass is 288 g/mol. The van der Waals surface area contributed by atoms with Crippen LogP contribution in [0, 0.1) is 0 Å². The largest absolute Gasteiger partial charge is 0.508 e. The Morgan fingerprint density at radius 3 is 2.52 bits per heavy atom. The van der Waals surface area contributed by atoms with Crippen molar-refractivity contribution in [2.75, 3.05) is 6.54 Å². The number of hydrogen-bond donors (Lipinski definition) is 2. The lowest BCUT2D eigenvalue weighted by Gasteiger charge is -2.38. The van der Waals surface area contributed by atoms with Crippen molar-refractivity contribution in [3.63, 3.8) is 0 Å². The smallest absolute Gasteiger partial charge is 0.262 e. The van der Waals surface area contributed by atoms with Crippen molar-refractivity contribution in [2.45, 2.75) is 18.4 Å². The first-order valence-corrected chi connectivity index (χ1v) is 6.43. The fourth-order valence-corrected chi connectivity index (χ4v) is 2.74. The second kappa shape index (κ2) is 4.41. The molecule has 1 aromatic rings. The number of nitrogens with zero attached hydrogens (tertiary/aromatic N) is 1. The summed E-state index contributed by atoms with van der Waals surface area (Å²) in [5.41, 5.74) is -1.15. The number of phenolic OH excluding ortho intramolecular Hbond substituents is 1. The maximum atomic E-state index is 12.4. The molecule has 108 valence electrons. The normalized spacial score (nSPS) is 24.8. The van der Waals surface area contributed by atoms with Gasteiger partial charge in [0.15, 0.2) is 0 Å². The number of piperidine rings is 1. The van der Waals surface area contributed by atoms with Crippen LogP contribution < -0.4 is 5.32 Å². The van der Waals surface area contributed by atoms with Crippen LogP contribution in [-0.4, -0.2) is 46.1 Å². The van der Waals surface area contributed by atoms with E-state index in [1.807, 2.05) is 0 Å². The Morgan fingerprint density at radius 2 is 1.90 bits per heavy atom. The van der Waals surface area contributed by atoms with Gasteiger partial charge in [0.25, 0.3) is 11.8 Å². The van der Waals surface area contributed by atoms with Crippen molar-refractivity contribution in [3.8, 4) is 5.75 Å². The Labute approximate surface area is 119 Å². The number of fused-ring (bicyclic) bond motifs is 1. The molecule has 0 radical (unpaired) electrons. The predicted molar refractivity (Wildman–Crippen MR) is 69.6 cm³/mol. The summed E-state index contributed by atoms with van der Waals surface area (Å²) in [5, 5.41) is 12.0. The Bertz CT molecular complexity index is 672. The third-order valence-electron chi connectivity index (χ3n) is 3.91. The third kappa shape index (κ3) is 1.81. The zero-order valence-electron chi connectivity index (χ0n) is 11.0. The molecule has 0 saturated carbocycles. The molecular weight excluding hydrogens is 276 g/mol. The lowest BCUT2D eigenvalue weighted by atomic mass is 9.89. The Morgan fingerprint density at radius 1 is 1.19 bits per heavy atom. The summed E-state index contributed by atoms with van der Waals surface area (Å²) in [6.45, 7) is -0.0905. The van der Waals surface area contributed by atoms with Crippen molar-refractivity contribution in [3.05, 3.63) is 29.3 Å². The molecule has 2 aliphatic rings. The molecule has 7 heteroatoms. The Hall–Kier alpha value is -2.70. The lowest BCUT2D eigenvalue weighted by molar-refractivity contribution is -0.127. The molecule has 1 fully saturated rings. The van der Waals surface area contributed by atoms with E-state index in [0.717, 1.165) is 4.90 Å². The number of carbonyl (C=O) groups is 4. The quantitative estimate of drug-likeness (QED) is 0.581. The van der Waals surface area contributed by atoms with Gasteiger partial charge < -0.3 is 15.2 Å². The molecule has 3 rings (SSSR count). The molecule has 21 heavy (non-hydrogen) atoms. The van der Waals surface area contributed by atoms with Gasteiger partial charge in [0.05, 0.1) is 11.1 Å². The van der Waals surface area contributed by atoms with E-state index < -0.39 is 17.4 Å². The Kier molecular flexibility index (Phi) is 2.79. The fourth-order valence-electron chi connectivity index (χ4n) is 2.74. The van der Waals surface area contributed by atoms with Gasteiger partial charge in [-0.3, -0.25) is 19.3 Å². The first-order chi connectivity index (χ1) is 9.98. The number of benzene rings is 1. The van der Waals surface area contributed by atoms with E-state index in [4.69, 9.17) is 0 Å². The summed E-state index contributed by atoms with van der Waals surface area (Å²) < 4.78 is 0. The molecule has 1 saturated heterocycles. The van der Waals surface area contributed by atoms with Gasteiger partial charge >= 0.3 is 0 Å². The van der Waals surface area contributed by atoms with Gasteiger partial charge in [0.1, 0.15) is 17.6 Å². The first kappa shape index (κ1) is 13.3. The number of aldehydes is 1. The summed E-state index contributed by atoms with van der Waals surface area (Å²) in [4.78, 5) is 48.5. The van der Waals surface area contributed by atoms with E-state index in [0.29, 0.717) is 6.29 Å². The van der Waals surface area contributed by atoms with Crippen molar-refractivity contribution in [1.29, 1.82) is 0 Å². The first-order valence-electron chi connectivity index (χ1n) is 6.43. The standard InChI is InChI=1S/C14H12N2O5/c17-7-14(4-3-11(19)15-6-14)16-12(20)9-2-1-8(18)5-10(9)13(16)21/h1-2,5,7,18H,3-4,6H2,(H,15,19). The molecule has 2 heterocycles. The van der Waals surface area contributed by atoms with Gasteiger partial charge in [0.2, 0.25) is 5.91 Å². The van der Waals surface area contributed by atoms with Crippen LogP contribution in [0.4, 0.5) is 0 Å². The average molecular weight is 288 g/mol. The molecule has 1 unspecified atom stereocenters. The summed E-state index contributed by atoms with van der Waals surface area (Å²) in [7, 11) is 0. The molecule has 7 nitrogen and oxygen atoms in total. The van der Waals surface area contributed by atoms with E-state index in [1.165, 1.54) is 18.2 Å². The van der Waals surface area contributed by atoms with Crippen molar-refractivity contribution < 1.29 is 24.3 Å². The van der Waals surface area contributed by atoms with Gasteiger partial charge in [-0.15, -0.1) is 0 Å². The minimum Gasteiger partial charge on any atom is -0.508 e. The number of rotatable bonds is 2. The highest BCUT2D eigenvalue weighted by molar-refractivity contribution is 6.23. The minimum absolute atomic E-state index is 0.0669. The number of hydrogen-bond acceptors (Lipinski definition) is 5. The maximum Gasteiger partial charge on any atom is 0.262 e. The number of carbonyl (C=O) groups excluding carboxylic acids is 4. The van der Waals surface area contributed by atoms with E-state index in [2.05, 4.69) is 5.32 Å². The number of aromatic hydroxyl groups is 1. The SMILES string of the molecule is O=CC1(N2C(=O)c3ccc(O)cc3C2=O)CCC(=O)NC1. The lowest BCUT2D eigenvalue weighted by Crippen LogP contribution is -2.61. The van der Waals surface area contributed by atoms with Crippen LogP contribution in [0.25, 0.3) is 0 Å². The third-order valence-corrected chi connectivity index (χ3v) is 3.91. The number of nitrogens with one attached hydrogen (secondary N) is 1. The second-order valence-corrected chi connectivity index (χ2v) is 5.17. The Balaban J connectivity index is 2.04. The van der Waals surface area contributed by atoms with Crippen molar-refractivity contribution >= 4 is 24.0 Å². The van der Waals surface area contributed by atoms with Crippen molar-refractivity contribution in [2.24, 2.45) is 0 Å². The van der Waals surface area contributed by atoms with Crippen molar-refractivity contribution in [1.82, 2.24) is 10.2 Å². The van der Waals surface area contributed by atoms with E-state index in [-0.39, 0.29) is 42.2 Å². The minimum atomic E-state index is -1.36. The van der Waals surface area contributed by atoms with Crippen LogP contribution >= 0.6 is 0 Å². The molecule has 0 aliphatic carbocycles. The van der Waals surface area contributed by atoms with Gasteiger partial charge in [0, 0.05) is 13.0 Å². The van der Waals surface area contributed by atoms with Gasteiger partial charge in [-0.1, -0.05) is 0 Å². The number of phenols is 1. The zero-order chi connectivity index (χ0) is 15.2. The van der Waals surface area contributed by atoms with Crippen LogP contribution in [0.5, 0.6) is 5.75 Å². The van der Waals surface area contributed by atoms with E-state index in [1.54, 1.807) is 0 Å². The molecule has 1 aromatic carbocycles. The van der Waals surface area contributed by atoms with Gasteiger partial charge in [-0.25, -0.2) is 0 Å². The summed E-state index contributed by atoms with van der Waals surface area (Å²) in [6.07, 6.45) is 0.700. The van der Waals surface area contributed by atoms with Gasteiger partial charge in [-0.2, -0.15) is 0 Å². The highest BCUT2D eigenvalue weighted by atomic mass is 16.3. The van der Waals surface area contributed by atoms with E-state index >= 15 is 0 Å². The average Bonchev–Trinajstić information content (AvgIpc) is 2.73. The molecule has 2 aliphatic heterocycles. The summed E-state index contributed by atoms with van der Waals surface area (Å²) in [5.74, 6) is -1.57. The second-order valence-electron chi connectivity index (χ2n) is 5.17. The molecule has 2 N–H and O–H groups in total. The predicted octanol–water partition coefficient (Wildman–Crippen LogP) is -0.164. The van der Waals surface area contributed by atoms with Crippen LogP contribution in [-0.2, 0) is 9.59 Å². The number of amides is 3. The zero-order valence-corrected chi connectivity index (χ0v) is 11.0. The summed E-state index contributed by atoms with van der Waals surface area (Å²) >= 11 is 0. The maximum absolute atomic E-state index is 12.4. The molecule has 3 amide bonds. The molecule has 0 spiro atoms. The highest BCUT2D eigenvalue weighted by Crippen LogP contribution is 2.33. The van der Waals surface area contributed by atoms with Crippen LogP contribution in [0.3, 0.4) is 0 Å². The topological polar surface area (TPSA) is 104 Å². The molecular formula is C14H12N2O5. The molecule has 0 aromatic heterocycles. The fraction of sp³-hybridized carbons (Fsp3) is 0.286. The van der Waals surface area contributed by atoms with E-state index in [9.17, 15) is 24.3 Å². The molecule has 0 bridgehead atoms. The molecule has 1 atom stereocenters. The van der Waals surface area contributed by atoms with Crippen LogP contribution in [0.1, 0.15) is 33.6 Å². The highest BCUT2D eigenvalue weighted by Gasteiger charge is 2.50.